The third kappa shape index (κ3) is 4.20. The van der Waals surface area contributed by atoms with E-state index in [1.54, 1.807) is 0 Å². The van der Waals surface area contributed by atoms with Gasteiger partial charge in [0, 0.05) is 11.3 Å². The minimum absolute atomic E-state index is 0.0334. The standard InChI is InChI=1S/C25H25N3O2/c1-15-5-6-16(2)23(11-15)30-14-24(29)26-20-9-7-19(8-10-20)25-27-21-12-17(3)18(4)13-22(21)28-25/h5-13H,14H2,1-4H3,(H,26,29)(H,27,28). The number of fused-ring (bicyclic) bond motifs is 1. The summed E-state index contributed by atoms with van der Waals surface area (Å²) >= 11 is 0. The van der Waals surface area contributed by atoms with Crippen LogP contribution in [0.3, 0.4) is 0 Å². The predicted molar refractivity (Wildman–Crippen MR) is 121 cm³/mol. The Morgan fingerprint density at radius 1 is 0.933 bits per heavy atom. The predicted octanol–water partition coefficient (Wildman–Crippen LogP) is 5.48. The molecule has 0 fully saturated rings. The highest BCUT2D eigenvalue weighted by Crippen LogP contribution is 2.24. The molecule has 4 rings (SSSR count). The van der Waals surface area contributed by atoms with Gasteiger partial charge in [-0.1, -0.05) is 12.1 Å². The van der Waals surface area contributed by atoms with Gasteiger partial charge >= 0.3 is 0 Å². The molecule has 3 aromatic carbocycles. The first kappa shape index (κ1) is 19.7. The number of nitrogens with one attached hydrogen (secondary N) is 2. The van der Waals surface area contributed by atoms with Gasteiger partial charge in [0.05, 0.1) is 11.0 Å². The van der Waals surface area contributed by atoms with E-state index >= 15 is 0 Å². The molecule has 1 amide bonds. The number of nitrogens with zero attached hydrogens (tertiary/aromatic N) is 1. The number of hydrogen-bond acceptors (Lipinski definition) is 3. The first-order valence-electron chi connectivity index (χ1n) is 9.96. The first-order valence-corrected chi connectivity index (χ1v) is 9.96. The van der Waals surface area contributed by atoms with Gasteiger partial charge in [0.2, 0.25) is 0 Å². The molecule has 0 unspecified atom stereocenters. The summed E-state index contributed by atoms with van der Waals surface area (Å²) in [6.07, 6.45) is 0. The van der Waals surface area contributed by atoms with E-state index in [4.69, 9.17) is 9.72 Å². The number of ether oxygens (including phenoxy) is 1. The van der Waals surface area contributed by atoms with E-state index in [0.717, 1.165) is 45.0 Å². The van der Waals surface area contributed by atoms with Gasteiger partial charge in [0.25, 0.3) is 5.91 Å². The topological polar surface area (TPSA) is 67.0 Å². The monoisotopic (exact) mass is 399 g/mol. The lowest BCUT2D eigenvalue weighted by molar-refractivity contribution is -0.118. The molecule has 0 aliphatic heterocycles. The Balaban J connectivity index is 1.42. The zero-order chi connectivity index (χ0) is 21.3. The maximum atomic E-state index is 12.3. The van der Waals surface area contributed by atoms with Crippen molar-refractivity contribution in [3.05, 3.63) is 76.9 Å². The highest BCUT2D eigenvalue weighted by Gasteiger charge is 2.09. The molecule has 0 bridgehead atoms. The quantitative estimate of drug-likeness (QED) is 0.467. The summed E-state index contributed by atoms with van der Waals surface area (Å²) in [5.74, 6) is 1.35. The van der Waals surface area contributed by atoms with Gasteiger partial charge in [-0.15, -0.1) is 0 Å². The van der Waals surface area contributed by atoms with Crippen LogP contribution < -0.4 is 10.1 Å². The van der Waals surface area contributed by atoms with E-state index < -0.39 is 0 Å². The van der Waals surface area contributed by atoms with Gasteiger partial charge in [0.15, 0.2) is 6.61 Å². The molecule has 0 saturated heterocycles. The van der Waals surface area contributed by atoms with Crippen molar-refractivity contribution in [1.82, 2.24) is 9.97 Å². The summed E-state index contributed by atoms with van der Waals surface area (Å²) in [6, 6.07) is 17.8. The fourth-order valence-corrected chi connectivity index (χ4v) is 3.32. The molecule has 5 nitrogen and oxygen atoms in total. The summed E-state index contributed by atoms with van der Waals surface area (Å²) in [4.78, 5) is 20.3. The maximum absolute atomic E-state index is 12.3. The average Bonchev–Trinajstić information content (AvgIpc) is 3.12. The number of benzene rings is 3. The highest BCUT2D eigenvalue weighted by atomic mass is 16.5. The van der Waals surface area contributed by atoms with E-state index in [-0.39, 0.29) is 12.5 Å². The smallest absolute Gasteiger partial charge is 0.262 e. The molecule has 0 spiro atoms. The van der Waals surface area contributed by atoms with Crippen LogP contribution in [0, 0.1) is 27.7 Å². The largest absolute Gasteiger partial charge is 0.483 e. The lowest BCUT2D eigenvalue weighted by Crippen LogP contribution is -2.20. The van der Waals surface area contributed by atoms with E-state index in [2.05, 4.69) is 36.3 Å². The summed E-state index contributed by atoms with van der Waals surface area (Å²) < 4.78 is 5.67. The first-order chi connectivity index (χ1) is 14.4. The Morgan fingerprint density at radius 3 is 2.43 bits per heavy atom. The van der Waals surface area contributed by atoms with E-state index in [0.29, 0.717) is 0 Å². The lowest BCUT2D eigenvalue weighted by atomic mass is 10.1. The number of amides is 1. The second-order valence-corrected chi connectivity index (χ2v) is 7.72. The highest BCUT2D eigenvalue weighted by molar-refractivity contribution is 5.92. The van der Waals surface area contributed by atoms with Gasteiger partial charge < -0.3 is 15.0 Å². The van der Waals surface area contributed by atoms with Crippen LogP contribution in [-0.2, 0) is 4.79 Å². The summed E-state index contributed by atoms with van der Waals surface area (Å²) in [5, 5.41) is 2.87. The Hall–Kier alpha value is -3.60. The zero-order valence-electron chi connectivity index (χ0n) is 17.7. The molecule has 152 valence electrons. The number of rotatable bonds is 5. The number of H-pyrrole nitrogens is 1. The molecule has 0 aliphatic carbocycles. The van der Waals surface area contributed by atoms with E-state index in [1.165, 1.54) is 11.1 Å². The Morgan fingerprint density at radius 2 is 1.67 bits per heavy atom. The van der Waals surface area contributed by atoms with Gasteiger partial charge in [-0.3, -0.25) is 4.79 Å². The Kier molecular flexibility index (Phi) is 5.27. The van der Waals surface area contributed by atoms with Crippen LogP contribution in [0.1, 0.15) is 22.3 Å². The second kappa shape index (κ2) is 8.03. The molecule has 1 heterocycles. The van der Waals surface area contributed by atoms with Crippen molar-refractivity contribution in [2.45, 2.75) is 27.7 Å². The van der Waals surface area contributed by atoms with Crippen LogP contribution in [0.4, 0.5) is 5.69 Å². The number of aromatic amines is 1. The van der Waals surface area contributed by atoms with Gasteiger partial charge in [-0.05, 0) is 92.4 Å². The van der Waals surface area contributed by atoms with Crippen LogP contribution in [0.5, 0.6) is 5.75 Å². The van der Waals surface area contributed by atoms with E-state index in [1.807, 2.05) is 56.3 Å². The molecular weight excluding hydrogens is 374 g/mol. The van der Waals surface area contributed by atoms with Gasteiger partial charge in [-0.25, -0.2) is 4.98 Å². The van der Waals surface area contributed by atoms with Crippen molar-refractivity contribution in [2.75, 3.05) is 11.9 Å². The van der Waals surface area contributed by atoms with Crippen LogP contribution >= 0.6 is 0 Å². The van der Waals surface area contributed by atoms with Crippen LogP contribution in [-0.4, -0.2) is 22.5 Å². The normalized spacial score (nSPS) is 10.9. The molecule has 5 heteroatoms. The van der Waals surface area contributed by atoms with Crippen LogP contribution in [0.15, 0.2) is 54.6 Å². The molecule has 4 aromatic rings. The SMILES string of the molecule is Cc1ccc(C)c(OCC(=O)Nc2ccc(-c3nc4cc(C)c(C)cc4[nH]3)cc2)c1. The number of aryl methyl sites for hydroxylation is 4. The fraction of sp³-hybridized carbons (Fsp3) is 0.200. The fourth-order valence-electron chi connectivity index (χ4n) is 3.32. The Bertz CT molecular complexity index is 1180. The van der Waals surface area contributed by atoms with E-state index in [9.17, 15) is 4.79 Å². The van der Waals surface area contributed by atoms with Gasteiger partial charge in [0.1, 0.15) is 11.6 Å². The molecular formula is C25H25N3O2. The summed E-state index contributed by atoms with van der Waals surface area (Å²) in [5.41, 5.74) is 8.22. The van der Waals surface area contributed by atoms with Gasteiger partial charge in [-0.2, -0.15) is 0 Å². The van der Waals surface area contributed by atoms with Crippen molar-refractivity contribution < 1.29 is 9.53 Å². The molecule has 0 atom stereocenters. The Labute approximate surface area is 176 Å². The number of carbonyl (C=O) groups is 1. The molecule has 0 radical (unpaired) electrons. The number of aromatic nitrogens is 2. The van der Waals surface area contributed by atoms with Crippen LogP contribution in [0.25, 0.3) is 22.4 Å². The molecule has 0 aliphatic rings. The van der Waals surface area contributed by atoms with Crippen LogP contribution in [0.2, 0.25) is 0 Å². The van der Waals surface area contributed by atoms with Crippen molar-refractivity contribution in [3.8, 4) is 17.1 Å². The molecule has 0 saturated carbocycles. The van der Waals surface area contributed by atoms with Crippen molar-refractivity contribution in [3.63, 3.8) is 0 Å². The lowest BCUT2D eigenvalue weighted by Gasteiger charge is -2.10. The third-order valence-corrected chi connectivity index (χ3v) is 5.24. The van der Waals surface area contributed by atoms with Crippen molar-refractivity contribution in [2.24, 2.45) is 0 Å². The van der Waals surface area contributed by atoms with Crippen molar-refractivity contribution in [1.29, 1.82) is 0 Å². The molecule has 2 N–H and O–H groups in total. The second-order valence-electron chi connectivity index (χ2n) is 7.72. The average molecular weight is 399 g/mol. The third-order valence-electron chi connectivity index (χ3n) is 5.24. The van der Waals surface area contributed by atoms with Crippen molar-refractivity contribution >= 4 is 22.6 Å². The minimum atomic E-state index is -0.196. The molecule has 30 heavy (non-hydrogen) atoms. The maximum Gasteiger partial charge on any atom is 0.262 e. The number of anilines is 1. The number of imidazole rings is 1. The summed E-state index contributed by atoms with van der Waals surface area (Å²) in [7, 11) is 0. The summed E-state index contributed by atoms with van der Waals surface area (Å²) in [6.45, 7) is 8.11. The minimum Gasteiger partial charge on any atom is -0.483 e. The number of carbonyl (C=O) groups excluding carboxylic acids is 1. The molecule has 1 aromatic heterocycles. The number of hydrogen-bond donors (Lipinski definition) is 2. The zero-order valence-corrected chi connectivity index (χ0v) is 17.7.